The van der Waals surface area contributed by atoms with Gasteiger partial charge in [0.05, 0.1) is 18.2 Å². The zero-order valence-electron chi connectivity index (χ0n) is 19.8. The Balaban J connectivity index is 1.42. The van der Waals surface area contributed by atoms with Crippen molar-refractivity contribution in [1.29, 1.82) is 0 Å². The third-order valence-corrected chi connectivity index (χ3v) is 6.92. The molecule has 182 valence electrons. The minimum Gasteiger partial charge on any atom is -0.493 e. The minimum absolute atomic E-state index is 0.183. The number of benzene rings is 3. The Kier molecular flexibility index (Phi) is 8.90. The highest BCUT2D eigenvalue weighted by Crippen LogP contribution is 2.29. The molecule has 0 radical (unpaired) electrons. The Bertz CT molecular complexity index is 1100. The van der Waals surface area contributed by atoms with E-state index in [0.717, 1.165) is 37.1 Å². The van der Waals surface area contributed by atoms with Crippen LogP contribution in [0, 0.1) is 0 Å². The molecular weight excluding hydrogens is 522 g/mol. The number of hydrogen-bond acceptors (Lipinski definition) is 4. The normalized spacial score (nSPS) is 14.1. The number of hydrogen-bond donors (Lipinski definition) is 1. The quantitative estimate of drug-likeness (QED) is 0.384. The summed E-state index contributed by atoms with van der Waals surface area (Å²) in [5.74, 6) is 0.310. The van der Waals surface area contributed by atoms with Gasteiger partial charge in [-0.15, -0.1) is 0 Å². The summed E-state index contributed by atoms with van der Waals surface area (Å²) in [5.41, 5.74) is 3.02. The lowest BCUT2D eigenvalue weighted by molar-refractivity contribution is 0.0963. The fraction of sp³-hybridized carbons (Fsp3) is 0.286. The van der Waals surface area contributed by atoms with E-state index < -0.39 is 0 Å². The topological polar surface area (TPSA) is 44.8 Å². The largest absolute Gasteiger partial charge is 0.493 e. The third-order valence-electron chi connectivity index (χ3n) is 6.07. The summed E-state index contributed by atoms with van der Waals surface area (Å²) in [7, 11) is 0. The average molecular weight is 553 g/mol. The van der Waals surface area contributed by atoms with Gasteiger partial charge in [-0.3, -0.25) is 15.0 Å². The first-order chi connectivity index (χ1) is 17.1. The number of carbonyl (C=O) groups is 1. The van der Waals surface area contributed by atoms with E-state index in [2.05, 4.69) is 91.7 Å². The molecule has 3 aromatic rings. The Labute approximate surface area is 221 Å². The maximum Gasteiger partial charge on any atom is 0.261 e. The zero-order valence-corrected chi connectivity index (χ0v) is 22.2. The van der Waals surface area contributed by atoms with Crippen LogP contribution in [0.15, 0.2) is 83.3 Å². The minimum atomic E-state index is -0.253. The van der Waals surface area contributed by atoms with Gasteiger partial charge >= 0.3 is 0 Å². The summed E-state index contributed by atoms with van der Waals surface area (Å²) >= 11 is 9.08. The van der Waals surface area contributed by atoms with Crippen LogP contribution in [0.2, 0.25) is 0 Å². The molecule has 0 saturated carbocycles. The van der Waals surface area contributed by atoms with Gasteiger partial charge in [0.2, 0.25) is 0 Å². The van der Waals surface area contributed by atoms with E-state index in [4.69, 9.17) is 17.0 Å². The van der Waals surface area contributed by atoms with Crippen molar-refractivity contribution < 1.29 is 9.53 Å². The van der Waals surface area contributed by atoms with Crippen molar-refractivity contribution in [1.82, 2.24) is 15.1 Å². The number of halogens is 1. The van der Waals surface area contributed by atoms with Crippen molar-refractivity contribution in [3.63, 3.8) is 0 Å². The molecule has 1 aliphatic heterocycles. The van der Waals surface area contributed by atoms with E-state index in [9.17, 15) is 4.79 Å². The second-order valence-electron chi connectivity index (χ2n) is 8.50. The molecule has 7 heteroatoms. The first-order valence-electron chi connectivity index (χ1n) is 11.9. The summed E-state index contributed by atoms with van der Waals surface area (Å²) in [6.07, 6.45) is 0.868. The lowest BCUT2D eigenvalue weighted by Gasteiger charge is -2.40. The molecule has 0 aromatic heterocycles. The van der Waals surface area contributed by atoms with Crippen LogP contribution >= 0.6 is 28.1 Å². The van der Waals surface area contributed by atoms with Crippen molar-refractivity contribution in [3.8, 4) is 5.75 Å². The molecule has 1 N–H and O–H groups in total. The first kappa shape index (κ1) is 25.4. The zero-order chi connectivity index (χ0) is 24.6. The van der Waals surface area contributed by atoms with Crippen LogP contribution < -0.4 is 10.1 Å². The molecule has 1 aliphatic rings. The highest BCUT2D eigenvalue weighted by molar-refractivity contribution is 9.10. The first-order valence-corrected chi connectivity index (χ1v) is 13.1. The van der Waals surface area contributed by atoms with E-state index in [1.807, 2.05) is 19.1 Å². The third kappa shape index (κ3) is 6.48. The van der Waals surface area contributed by atoms with Crippen molar-refractivity contribution >= 4 is 39.2 Å². The van der Waals surface area contributed by atoms with Crippen LogP contribution in [0.4, 0.5) is 0 Å². The Morgan fingerprint density at radius 3 is 2.14 bits per heavy atom. The summed E-state index contributed by atoms with van der Waals surface area (Å²) in [5, 5.41) is 3.37. The number of nitrogens with one attached hydrogen (secondary N) is 1. The van der Waals surface area contributed by atoms with Crippen LogP contribution in [0.5, 0.6) is 5.75 Å². The van der Waals surface area contributed by atoms with Crippen LogP contribution in [-0.2, 0) is 0 Å². The van der Waals surface area contributed by atoms with E-state index in [1.54, 1.807) is 6.07 Å². The highest BCUT2D eigenvalue weighted by Gasteiger charge is 2.28. The van der Waals surface area contributed by atoms with Gasteiger partial charge in [0.15, 0.2) is 5.11 Å². The molecule has 3 aromatic carbocycles. The lowest BCUT2D eigenvalue weighted by atomic mass is 9.96. The van der Waals surface area contributed by atoms with Crippen LogP contribution in [0.3, 0.4) is 0 Å². The number of nitrogens with zero attached hydrogens (tertiary/aromatic N) is 2. The Morgan fingerprint density at radius 2 is 1.57 bits per heavy atom. The van der Waals surface area contributed by atoms with Gasteiger partial charge in [0.1, 0.15) is 5.75 Å². The molecule has 5 nitrogen and oxygen atoms in total. The molecule has 0 aliphatic carbocycles. The predicted octanol–water partition coefficient (Wildman–Crippen LogP) is 5.66. The van der Waals surface area contributed by atoms with Crippen LogP contribution in [-0.4, -0.2) is 53.6 Å². The maximum atomic E-state index is 13.0. The number of piperazine rings is 1. The summed E-state index contributed by atoms with van der Waals surface area (Å²) in [4.78, 5) is 17.6. The molecule has 1 heterocycles. The number of carbonyl (C=O) groups excluding carboxylic acids is 1. The van der Waals surface area contributed by atoms with Gasteiger partial charge in [-0.05, 0) is 48.0 Å². The number of amides is 1. The van der Waals surface area contributed by atoms with Gasteiger partial charge < -0.3 is 9.64 Å². The molecule has 1 fully saturated rings. The Hall–Kier alpha value is -2.74. The molecular formula is C28H30BrN3O2S. The van der Waals surface area contributed by atoms with Crippen molar-refractivity contribution in [2.24, 2.45) is 0 Å². The Morgan fingerprint density at radius 1 is 0.971 bits per heavy atom. The van der Waals surface area contributed by atoms with E-state index in [0.29, 0.717) is 23.0 Å². The molecule has 0 atom stereocenters. The van der Waals surface area contributed by atoms with Gasteiger partial charge in [-0.1, -0.05) is 83.5 Å². The van der Waals surface area contributed by atoms with E-state index >= 15 is 0 Å². The fourth-order valence-corrected chi connectivity index (χ4v) is 4.97. The van der Waals surface area contributed by atoms with Gasteiger partial charge in [-0.2, -0.15) is 0 Å². The van der Waals surface area contributed by atoms with Gasteiger partial charge in [0.25, 0.3) is 5.91 Å². The fourth-order valence-electron chi connectivity index (χ4n) is 4.33. The summed E-state index contributed by atoms with van der Waals surface area (Å²) < 4.78 is 6.59. The maximum absolute atomic E-state index is 13.0. The second kappa shape index (κ2) is 12.3. The monoisotopic (exact) mass is 551 g/mol. The van der Waals surface area contributed by atoms with E-state index in [1.165, 1.54) is 11.1 Å². The molecule has 1 saturated heterocycles. The molecule has 1 amide bonds. The van der Waals surface area contributed by atoms with Gasteiger partial charge in [-0.25, -0.2) is 0 Å². The SMILES string of the molecule is CCCOc1ccc(Br)cc1C(=O)NC(=S)N1CCN(C(c2ccccc2)c2ccccc2)CC1. The predicted molar refractivity (Wildman–Crippen MR) is 148 cm³/mol. The molecule has 0 spiro atoms. The van der Waals surface area contributed by atoms with E-state index in [-0.39, 0.29) is 11.9 Å². The highest BCUT2D eigenvalue weighted by atomic mass is 79.9. The van der Waals surface area contributed by atoms with Crippen molar-refractivity contribution in [2.75, 3.05) is 32.8 Å². The number of ether oxygens (including phenoxy) is 1. The van der Waals surface area contributed by atoms with Gasteiger partial charge in [0, 0.05) is 30.7 Å². The van der Waals surface area contributed by atoms with Crippen molar-refractivity contribution in [3.05, 3.63) is 100 Å². The summed E-state index contributed by atoms with van der Waals surface area (Å²) in [6.45, 7) is 5.75. The second-order valence-corrected chi connectivity index (χ2v) is 9.80. The number of thiocarbonyl (C=S) groups is 1. The number of rotatable bonds is 7. The molecule has 0 unspecified atom stereocenters. The molecule has 4 rings (SSSR count). The lowest BCUT2D eigenvalue weighted by Crippen LogP contribution is -2.53. The molecule has 35 heavy (non-hydrogen) atoms. The average Bonchev–Trinajstić information content (AvgIpc) is 2.89. The summed E-state index contributed by atoms with van der Waals surface area (Å²) in [6, 6.07) is 26.8. The molecule has 0 bridgehead atoms. The van der Waals surface area contributed by atoms with Crippen LogP contribution in [0.1, 0.15) is 40.9 Å². The van der Waals surface area contributed by atoms with Crippen molar-refractivity contribution in [2.45, 2.75) is 19.4 Å². The smallest absolute Gasteiger partial charge is 0.261 e. The standard InChI is InChI=1S/C28H30BrN3O2S/c1-2-19-34-25-14-13-23(29)20-24(25)27(33)30-28(35)32-17-15-31(16-18-32)26(21-9-5-3-6-10-21)22-11-7-4-8-12-22/h3-14,20,26H,2,15-19H2,1H3,(H,30,33,35). The van der Waals surface area contributed by atoms with Crippen LogP contribution in [0.25, 0.3) is 0 Å².